The second-order valence-electron chi connectivity index (χ2n) is 9.42. The quantitative estimate of drug-likeness (QED) is 0.254. The van der Waals surface area contributed by atoms with Gasteiger partial charge in [-0.25, -0.2) is 4.39 Å². The van der Waals surface area contributed by atoms with Crippen LogP contribution in [0.2, 0.25) is 0 Å². The zero-order chi connectivity index (χ0) is 28.9. The second-order valence-corrected chi connectivity index (χ2v) is 10.4. The van der Waals surface area contributed by atoms with Crippen LogP contribution in [-0.2, 0) is 22.7 Å². The maximum atomic E-state index is 14.1. The highest BCUT2D eigenvalue weighted by Crippen LogP contribution is 2.32. The van der Waals surface area contributed by atoms with Crippen molar-refractivity contribution in [3.05, 3.63) is 125 Å². The maximum Gasteiger partial charge on any atom is 0.251 e. The van der Waals surface area contributed by atoms with Crippen molar-refractivity contribution in [1.29, 1.82) is 0 Å². The van der Waals surface area contributed by atoms with E-state index in [9.17, 15) is 14.0 Å². The summed E-state index contributed by atoms with van der Waals surface area (Å²) in [5, 5.41) is 18.1. The molecule has 0 aliphatic rings. The molecule has 0 aliphatic carbocycles. The average Bonchev–Trinajstić information content (AvgIpc) is 3.72. The molecule has 0 fully saturated rings. The van der Waals surface area contributed by atoms with Crippen molar-refractivity contribution in [2.75, 3.05) is 4.90 Å². The van der Waals surface area contributed by atoms with Crippen LogP contribution in [0.4, 0.5) is 10.1 Å². The van der Waals surface area contributed by atoms with Crippen LogP contribution in [0.5, 0.6) is 0 Å². The zero-order valence-corrected chi connectivity index (χ0v) is 23.0. The number of hydrogen-bond donors (Lipinski definition) is 1. The molecule has 208 valence electrons. The number of nitrogens with zero attached hydrogens (tertiary/aromatic N) is 6. The molecular formula is C31H24FN7O2S. The summed E-state index contributed by atoms with van der Waals surface area (Å²) in [5.41, 5.74) is 2.70. The standard InChI is InChI=1S/C31H24FN7O2S/c32-24-14-12-22(13-15-24)30-35-37-38(36-30)20-28(40)39(25-17-23-9-4-5-10-26(23)33-19-25)29(27-11-6-16-42-27)31(41)34-18-21-7-2-1-3-8-21/h1-17,19,29H,18,20H2,(H,34,41). The van der Waals surface area contributed by atoms with Gasteiger partial charge in [0.05, 0.1) is 17.4 Å². The van der Waals surface area contributed by atoms with Crippen LogP contribution in [-0.4, -0.2) is 37.0 Å². The molecule has 1 unspecified atom stereocenters. The number of para-hydroxylation sites is 1. The third-order valence-corrected chi connectivity index (χ3v) is 7.51. The summed E-state index contributed by atoms with van der Waals surface area (Å²) < 4.78 is 13.4. The molecule has 3 aromatic carbocycles. The summed E-state index contributed by atoms with van der Waals surface area (Å²) in [6, 6.07) is 27.3. The molecule has 1 atom stereocenters. The van der Waals surface area contributed by atoms with Gasteiger partial charge < -0.3 is 5.32 Å². The van der Waals surface area contributed by atoms with Gasteiger partial charge in [-0.05, 0) is 58.6 Å². The van der Waals surface area contributed by atoms with Crippen molar-refractivity contribution in [2.45, 2.75) is 19.1 Å². The molecule has 0 spiro atoms. The number of amides is 2. The first kappa shape index (κ1) is 26.9. The molecule has 42 heavy (non-hydrogen) atoms. The molecule has 9 nitrogen and oxygen atoms in total. The first-order valence-corrected chi connectivity index (χ1v) is 14.0. The Morgan fingerprint density at radius 1 is 0.952 bits per heavy atom. The highest BCUT2D eigenvalue weighted by molar-refractivity contribution is 7.10. The predicted molar refractivity (Wildman–Crippen MR) is 158 cm³/mol. The first-order valence-electron chi connectivity index (χ1n) is 13.1. The van der Waals surface area contributed by atoms with Gasteiger partial charge in [-0.3, -0.25) is 19.5 Å². The largest absolute Gasteiger partial charge is 0.350 e. The Morgan fingerprint density at radius 2 is 1.74 bits per heavy atom. The minimum absolute atomic E-state index is 0.247. The molecule has 3 heterocycles. The monoisotopic (exact) mass is 577 g/mol. The zero-order valence-electron chi connectivity index (χ0n) is 22.2. The number of hydrogen-bond acceptors (Lipinski definition) is 7. The Balaban J connectivity index is 1.36. The number of anilines is 1. The van der Waals surface area contributed by atoms with Gasteiger partial charge in [0.15, 0.2) is 0 Å². The number of pyridine rings is 1. The molecule has 6 rings (SSSR count). The second kappa shape index (κ2) is 12.1. The van der Waals surface area contributed by atoms with Crippen LogP contribution in [0, 0.1) is 5.82 Å². The highest BCUT2D eigenvalue weighted by Gasteiger charge is 2.34. The molecule has 2 amide bonds. The van der Waals surface area contributed by atoms with Gasteiger partial charge in [-0.1, -0.05) is 54.6 Å². The van der Waals surface area contributed by atoms with E-state index in [0.29, 0.717) is 22.7 Å². The highest BCUT2D eigenvalue weighted by atomic mass is 32.1. The molecule has 6 aromatic rings. The van der Waals surface area contributed by atoms with Crippen LogP contribution in [0.25, 0.3) is 22.3 Å². The molecule has 11 heteroatoms. The Bertz CT molecular complexity index is 1830. The summed E-state index contributed by atoms with van der Waals surface area (Å²) in [6.45, 7) is 0.0000724. The van der Waals surface area contributed by atoms with E-state index < -0.39 is 11.9 Å². The number of nitrogens with one attached hydrogen (secondary N) is 1. The van der Waals surface area contributed by atoms with Crippen LogP contribution in [0.1, 0.15) is 16.5 Å². The Kier molecular flexibility index (Phi) is 7.73. The van der Waals surface area contributed by atoms with E-state index in [1.807, 2.05) is 78.2 Å². The Labute approximate surface area is 244 Å². The van der Waals surface area contributed by atoms with Crippen LogP contribution in [0.3, 0.4) is 0 Å². The number of rotatable bonds is 9. The van der Waals surface area contributed by atoms with E-state index in [2.05, 4.69) is 25.7 Å². The fourth-order valence-electron chi connectivity index (χ4n) is 4.55. The number of fused-ring (bicyclic) bond motifs is 1. The summed E-state index contributed by atoms with van der Waals surface area (Å²) in [6.07, 6.45) is 1.59. The van der Waals surface area contributed by atoms with E-state index in [1.54, 1.807) is 6.20 Å². The Hall–Kier alpha value is -5.29. The van der Waals surface area contributed by atoms with Crippen LogP contribution in [0.15, 0.2) is 109 Å². The van der Waals surface area contributed by atoms with Gasteiger partial charge in [0.25, 0.3) is 5.91 Å². The molecular weight excluding hydrogens is 553 g/mol. The van der Waals surface area contributed by atoms with Gasteiger partial charge in [0.1, 0.15) is 18.4 Å². The lowest BCUT2D eigenvalue weighted by molar-refractivity contribution is -0.127. The van der Waals surface area contributed by atoms with Crippen molar-refractivity contribution in [2.24, 2.45) is 0 Å². The van der Waals surface area contributed by atoms with Gasteiger partial charge in [0, 0.05) is 22.4 Å². The van der Waals surface area contributed by atoms with Crippen molar-refractivity contribution in [1.82, 2.24) is 30.5 Å². The Morgan fingerprint density at radius 3 is 2.52 bits per heavy atom. The number of benzene rings is 3. The number of halogens is 1. The minimum Gasteiger partial charge on any atom is -0.350 e. The lowest BCUT2D eigenvalue weighted by Gasteiger charge is -2.30. The fourth-order valence-corrected chi connectivity index (χ4v) is 5.37. The summed E-state index contributed by atoms with van der Waals surface area (Å²) in [4.78, 5) is 35.8. The minimum atomic E-state index is -0.982. The van der Waals surface area contributed by atoms with Crippen molar-refractivity contribution in [3.8, 4) is 11.4 Å². The molecule has 0 aliphatic heterocycles. The normalized spacial score (nSPS) is 11.7. The fraction of sp³-hybridized carbons (Fsp3) is 0.0968. The van der Waals surface area contributed by atoms with Crippen LogP contribution >= 0.6 is 11.3 Å². The van der Waals surface area contributed by atoms with Gasteiger partial charge in [-0.2, -0.15) is 4.80 Å². The van der Waals surface area contributed by atoms with Crippen molar-refractivity contribution in [3.63, 3.8) is 0 Å². The average molecular weight is 578 g/mol. The number of carbonyl (C=O) groups excluding carboxylic acids is 2. The summed E-state index contributed by atoms with van der Waals surface area (Å²) in [5.74, 6) is -0.923. The lowest BCUT2D eigenvalue weighted by atomic mass is 10.1. The smallest absolute Gasteiger partial charge is 0.251 e. The molecule has 0 radical (unpaired) electrons. The molecule has 0 saturated carbocycles. The number of aromatic nitrogens is 5. The van der Waals surface area contributed by atoms with Crippen LogP contribution < -0.4 is 10.2 Å². The number of tetrazole rings is 1. The molecule has 0 bridgehead atoms. The summed E-state index contributed by atoms with van der Waals surface area (Å²) in [7, 11) is 0. The van der Waals surface area contributed by atoms with Gasteiger partial charge >= 0.3 is 0 Å². The topological polar surface area (TPSA) is 106 Å². The van der Waals surface area contributed by atoms with Gasteiger partial charge in [-0.15, -0.1) is 21.5 Å². The predicted octanol–water partition coefficient (Wildman–Crippen LogP) is 5.18. The van der Waals surface area contributed by atoms with Crippen molar-refractivity contribution >= 4 is 39.7 Å². The first-order chi connectivity index (χ1) is 20.5. The van der Waals surface area contributed by atoms with Crippen molar-refractivity contribution < 1.29 is 14.0 Å². The maximum absolute atomic E-state index is 14.1. The van der Waals surface area contributed by atoms with E-state index >= 15 is 0 Å². The van der Waals surface area contributed by atoms with E-state index in [-0.39, 0.29) is 24.1 Å². The lowest BCUT2D eigenvalue weighted by Crippen LogP contribution is -2.45. The molecule has 0 saturated heterocycles. The SMILES string of the molecule is O=C(NCc1ccccc1)C(c1cccs1)N(C(=O)Cn1nnc(-c2ccc(F)cc2)n1)c1cnc2ccccc2c1. The third-order valence-electron chi connectivity index (χ3n) is 6.58. The van der Waals surface area contributed by atoms with E-state index in [0.717, 1.165) is 21.3 Å². The number of carbonyl (C=O) groups is 2. The molecule has 3 aromatic heterocycles. The third kappa shape index (κ3) is 5.91. The number of thiophene rings is 1. The molecule has 1 N–H and O–H groups in total. The van der Waals surface area contributed by atoms with E-state index in [4.69, 9.17) is 0 Å². The van der Waals surface area contributed by atoms with E-state index in [1.165, 1.54) is 40.5 Å². The van der Waals surface area contributed by atoms with Gasteiger partial charge in [0.2, 0.25) is 11.7 Å². The summed E-state index contributed by atoms with van der Waals surface area (Å²) >= 11 is 1.38.